The van der Waals surface area contributed by atoms with Crippen LogP contribution in [0.3, 0.4) is 0 Å². The maximum absolute atomic E-state index is 11.0. The molecular formula is C6H9N3O. The zero-order chi connectivity index (χ0) is 7.14. The number of H-pyrrole nitrogens is 1. The van der Waals surface area contributed by atoms with Gasteiger partial charge in [-0.25, -0.2) is 9.89 Å². The lowest BCUT2D eigenvalue weighted by Crippen LogP contribution is -2.17. The molecule has 1 unspecified atom stereocenters. The smallest absolute Gasteiger partial charge is 0.276 e. The van der Waals surface area contributed by atoms with Crippen LogP contribution in [0.4, 0.5) is 0 Å². The van der Waals surface area contributed by atoms with E-state index in [4.69, 9.17) is 0 Å². The molecule has 1 aliphatic heterocycles. The van der Waals surface area contributed by atoms with Gasteiger partial charge >= 0.3 is 5.69 Å². The van der Waals surface area contributed by atoms with Gasteiger partial charge in [0, 0.05) is 12.5 Å². The van der Waals surface area contributed by atoms with Gasteiger partial charge in [0.2, 0.25) is 0 Å². The van der Waals surface area contributed by atoms with Crippen molar-refractivity contribution in [2.24, 2.45) is 0 Å². The summed E-state index contributed by atoms with van der Waals surface area (Å²) in [5.74, 6) is 0.900. The predicted octanol–water partition coefficient (Wildman–Crippen LogP) is 0.0786. The lowest BCUT2D eigenvalue weighted by Gasteiger charge is -2.00. The van der Waals surface area contributed by atoms with Crippen molar-refractivity contribution in [1.29, 1.82) is 0 Å². The number of aromatic nitrogens is 3. The summed E-state index contributed by atoms with van der Waals surface area (Å²) in [6.45, 7) is 2.04. The van der Waals surface area contributed by atoms with Crippen LogP contribution in [0.5, 0.6) is 0 Å². The van der Waals surface area contributed by atoms with E-state index >= 15 is 0 Å². The SMILES string of the molecule is CC1CCc2n[nH]c(=O)n21. The number of hydrogen-bond acceptors (Lipinski definition) is 2. The Morgan fingerprint density at radius 2 is 2.60 bits per heavy atom. The van der Waals surface area contributed by atoms with Gasteiger partial charge < -0.3 is 0 Å². The number of fused-ring (bicyclic) bond motifs is 1. The van der Waals surface area contributed by atoms with E-state index in [1.54, 1.807) is 4.57 Å². The van der Waals surface area contributed by atoms with Gasteiger partial charge in [0.25, 0.3) is 0 Å². The largest absolute Gasteiger partial charge is 0.343 e. The van der Waals surface area contributed by atoms with Crippen molar-refractivity contribution in [3.8, 4) is 0 Å². The Morgan fingerprint density at radius 1 is 1.80 bits per heavy atom. The Labute approximate surface area is 57.9 Å². The van der Waals surface area contributed by atoms with Crippen molar-refractivity contribution in [2.75, 3.05) is 0 Å². The maximum atomic E-state index is 11.0. The van der Waals surface area contributed by atoms with E-state index in [9.17, 15) is 4.79 Å². The average molecular weight is 139 g/mol. The number of nitrogens with one attached hydrogen (secondary N) is 1. The van der Waals surface area contributed by atoms with Gasteiger partial charge in [-0.2, -0.15) is 5.10 Å². The van der Waals surface area contributed by atoms with Gasteiger partial charge in [0.15, 0.2) is 0 Å². The quantitative estimate of drug-likeness (QED) is 0.553. The first-order chi connectivity index (χ1) is 4.79. The van der Waals surface area contributed by atoms with Crippen LogP contribution in [0.25, 0.3) is 0 Å². The molecule has 0 saturated heterocycles. The van der Waals surface area contributed by atoms with Gasteiger partial charge in [0.1, 0.15) is 5.82 Å². The third kappa shape index (κ3) is 0.558. The molecule has 0 amide bonds. The van der Waals surface area contributed by atoms with Crippen molar-refractivity contribution >= 4 is 0 Å². The highest BCUT2D eigenvalue weighted by Gasteiger charge is 2.20. The highest BCUT2D eigenvalue weighted by molar-refractivity contribution is 4.95. The normalized spacial score (nSPS) is 23.1. The second-order valence-corrected chi connectivity index (χ2v) is 2.70. The van der Waals surface area contributed by atoms with Crippen molar-refractivity contribution in [2.45, 2.75) is 25.8 Å². The Kier molecular flexibility index (Phi) is 0.977. The van der Waals surface area contributed by atoms with Crippen molar-refractivity contribution < 1.29 is 0 Å². The molecule has 1 aliphatic rings. The second-order valence-electron chi connectivity index (χ2n) is 2.70. The van der Waals surface area contributed by atoms with E-state index in [0.717, 1.165) is 18.7 Å². The Hall–Kier alpha value is -1.06. The van der Waals surface area contributed by atoms with Crippen LogP contribution in [0.15, 0.2) is 4.79 Å². The molecule has 2 rings (SSSR count). The lowest BCUT2D eigenvalue weighted by molar-refractivity contribution is 0.561. The topological polar surface area (TPSA) is 50.7 Å². The molecule has 0 spiro atoms. The second kappa shape index (κ2) is 1.71. The number of rotatable bonds is 0. The minimum Gasteiger partial charge on any atom is -0.276 e. The minimum atomic E-state index is -0.0694. The minimum absolute atomic E-state index is 0.0694. The molecule has 4 nitrogen and oxygen atoms in total. The first kappa shape index (κ1) is 5.70. The van der Waals surface area contributed by atoms with E-state index in [1.165, 1.54) is 0 Å². The van der Waals surface area contributed by atoms with Crippen LogP contribution in [-0.4, -0.2) is 14.8 Å². The van der Waals surface area contributed by atoms with Gasteiger partial charge in [-0.3, -0.25) is 4.57 Å². The van der Waals surface area contributed by atoms with Crippen molar-refractivity contribution in [3.63, 3.8) is 0 Å². The molecular weight excluding hydrogens is 130 g/mol. The summed E-state index contributed by atoms with van der Waals surface area (Å²) in [6.07, 6.45) is 1.98. The van der Waals surface area contributed by atoms with E-state index in [0.29, 0.717) is 6.04 Å². The first-order valence-electron chi connectivity index (χ1n) is 3.45. The standard InChI is InChI=1S/C6H9N3O/c1-4-2-3-5-7-8-6(10)9(4)5/h4H,2-3H2,1H3,(H,8,10). The molecule has 0 fully saturated rings. The van der Waals surface area contributed by atoms with Gasteiger partial charge in [-0.05, 0) is 13.3 Å². The molecule has 1 aromatic rings. The molecule has 1 aromatic heterocycles. The van der Waals surface area contributed by atoms with Crippen molar-refractivity contribution in [3.05, 3.63) is 16.3 Å². The van der Waals surface area contributed by atoms with Gasteiger partial charge in [-0.15, -0.1) is 0 Å². The predicted molar refractivity (Wildman–Crippen MR) is 35.9 cm³/mol. The van der Waals surface area contributed by atoms with Crippen LogP contribution in [0.2, 0.25) is 0 Å². The van der Waals surface area contributed by atoms with Gasteiger partial charge in [0.05, 0.1) is 0 Å². The Morgan fingerprint density at radius 3 is 3.30 bits per heavy atom. The molecule has 0 bridgehead atoms. The monoisotopic (exact) mass is 139 g/mol. The van der Waals surface area contributed by atoms with Crippen molar-refractivity contribution in [1.82, 2.24) is 14.8 Å². The number of hydrogen-bond donors (Lipinski definition) is 1. The summed E-state index contributed by atoms with van der Waals surface area (Å²) in [6, 6.07) is 0.334. The summed E-state index contributed by atoms with van der Waals surface area (Å²) in [5, 5.41) is 6.30. The number of aromatic amines is 1. The maximum Gasteiger partial charge on any atom is 0.343 e. The zero-order valence-corrected chi connectivity index (χ0v) is 5.79. The highest BCUT2D eigenvalue weighted by atomic mass is 16.1. The molecule has 0 aromatic carbocycles. The van der Waals surface area contributed by atoms with E-state index in [-0.39, 0.29) is 5.69 Å². The molecule has 4 heteroatoms. The first-order valence-corrected chi connectivity index (χ1v) is 3.45. The third-order valence-corrected chi connectivity index (χ3v) is 2.00. The van der Waals surface area contributed by atoms with Crippen LogP contribution in [0, 0.1) is 0 Å². The summed E-state index contributed by atoms with van der Waals surface area (Å²) in [7, 11) is 0. The molecule has 1 N–H and O–H groups in total. The number of nitrogens with zero attached hydrogens (tertiary/aromatic N) is 2. The molecule has 1 atom stereocenters. The van der Waals surface area contributed by atoms with E-state index in [2.05, 4.69) is 10.2 Å². The molecule has 0 aliphatic carbocycles. The summed E-state index contributed by atoms with van der Waals surface area (Å²) in [5.41, 5.74) is -0.0694. The molecule has 0 saturated carbocycles. The highest BCUT2D eigenvalue weighted by Crippen LogP contribution is 2.19. The summed E-state index contributed by atoms with van der Waals surface area (Å²) >= 11 is 0. The zero-order valence-electron chi connectivity index (χ0n) is 5.79. The van der Waals surface area contributed by atoms with Crippen LogP contribution >= 0.6 is 0 Å². The average Bonchev–Trinajstić information content (AvgIpc) is 2.40. The van der Waals surface area contributed by atoms with E-state index in [1.807, 2.05) is 6.92 Å². The van der Waals surface area contributed by atoms with Crippen LogP contribution in [-0.2, 0) is 6.42 Å². The summed E-state index contributed by atoms with van der Waals surface area (Å²) < 4.78 is 1.72. The number of aryl methyl sites for hydroxylation is 1. The summed E-state index contributed by atoms with van der Waals surface area (Å²) in [4.78, 5) is 11.0. The fourth-order valence-electron chi connectivity index (χ4n) is 1.44. The van der Waals surface area contributed by atoms with Crippen LogP contribution < -0.4 is 5.69 Å². The molecule has 0 radical (unpaired) electrons. The van der Waals surface area contributed by atoms with Crippen LogP contribution in [0.1, 0.15) is 25.2 Å². The lowest BCUT2D eigenvalue weighted by atomic mass is 10.2. The molecule has 54 valence electrons. The molecule has 2 heterocycles. The fourth-order valence-corrected chi connectivity index (χ4v) is 1.44. The van der Waals surface area contributed by atoms with Gasteiger partial charge in [-0.1, -0.05) is 0 Å². The Bertz CT molecular complexity index is 298. The molecule has 10 heavy (non-hydrogen) atoms. The van der Waals surface area contributed by atoms with E-state index < -0.39 is 0 Å². The Balaban J connectivity index is 2.65. The fraction of sp³-hybridized carbons (Fsp3) is 0.667. The third-order valence-electron chi connectivity index (χ3n) is 2.00.